The van der Waals surface area contributed by atoms with Crippen molar-refractivity contribution in [2.45, 2.75) is 38.6 Å². The Morgan fingerprint density at radius 2 is 2.20 bits per heavy atom. The van der Waals surface area contributed by atoms with Crippen LogP contribution in [0.5, 0.6) is 0 Å². The second-order valence-corrected chi connectivity index (χ2v) is 3.66. The zero-order valence-electron chi connectivity index (χ0n) is 8.71. The van der Waals surface area contributed by atoms with Gasteiger partial charge >= 0.3 is 0 Å². The molecule has 0 radical (unpaired) electrons. The van der Waals surface area contributed by atoms with Crippen LogP contribution in [0.4, 0.5) is 0 Å². The summed E-state index contributed by atoms with van der Waals surface area (Å²) in [6.45, 7) is 1.95. The van der Waals surface area contributed by atoms with Crippen LogP contribution in [0.15, 0.2) is 0 Å². The Morgan fingerprint density at radius 3 is 2.60 bits per heavy atom. The van der Waals surface area contributed by atoms with Gasteiger partial charge in [-0.2, -0.15) is 0 Å². The first-order valence-electron chi connectivity index (χ1n) is 4.69. The predicted molar refractivity (Wildman–Crippen MR) is 48.5 cm³/mol. The van der Waals surface area contributed by atoms with Gasteiger partial charge in [-0.15, -0.1) is 0 Å². The van der Waals surface area contributed by atoms with Crippen molar-refractivity contribution in [2.75, 3.05) is 13.2 Å². The van der Waals surface area contributed by atoms with Gasteiger partial charge in [0.25, 0.3) is 12.0 Å². The smallest absolute Gasteiger partial charge is 0.274 e. The molecule has 7 nitrogen and oxygen atoms in total. The maximum absolute atomic E-state index is 10.6. The lowest BCUT2D eigenvalue weighted by molar-refractivity contribution is -0.594. The topological polar surface area (TPSA) is 91.1 Å². The molecule has 0 aromatic heterocycles. The van der Waals surface area contributed by atoms with Crippen LogP contribution in [0.3, 0.4) is 0 Å². The first-order valence-corrected chi connectivity index (χ1v) is 4.69. The minimum Gasteiger partial charge on any atom is -0.368 e. The monoisotopic (exact) mass is 221 g/mol. The second kappa shape index (κ2) is 4.84. The van der Waals surface area contributed by atoms with Crippen LogP contribution in [-0.2, 0) is 14.2 Å². The van der Waals surface area contributed by atoms with Crippen molar-refractivity contribution < 1.29 is 24.2 Å². The lowest BCUT2D eigenvalue weighted by Crippen LogP contribution is -2.51. The highest BCUT2D eigenvalue weighted by molar-refractivity contribution is 4.75. The van der Waals surface area contributed by atoms with Gasteiger partial charge in [-0.3, -0.25) is 10.1 Å². The van der Waals surface area contributed by atoms with Crippen molar-refractivity contribution in [2.24, 2.45) is 0 Å². The SMILES string of the molecule is CCC(O)OC1OCC(C)([N+](=O)[O-])CO1. The van der Waals surface area contributed by atoms with Gasteiger partial charge in [0.2, 0.25) is 0 Å². The van der Waals surface area contributed by atoms with Crippen LogP contribution in [0.2, 0.25) is 0 Å². The summed E-state index contributed by atoms with van der Waals surface area (Å²) in [4.78, 5) is 10.2. The quantitative estimate of drug-likeness (QED) is 0.411. The lowest BCUT2D eigenvalue weighted by atomic mass is 10.1. The van der Waals surface area contributed by atoms with Gasteiger partial charge < -0.3 is 19.3 Å². The van der Waals surface area contributed by atoms with E-state index in [1.165, 1.54) is 6.92 Å². The van der Waals surface area contributed by atoms with E-state index in [0.29, 0.717) is 6.42 Å². The third-order valence-corrected chi connectivity index (χ3v) is 2.12. The molecule has 0 spiro atoms. The van der Waals surface area contributed by atoms with E-state index in [4.69, 9.17) is 19.3 Å². The summed E-state index contributed by atoms with van der Waals surface area (Å²) in [5.41, 5.74) is -1.24. The third kappa shape index (κ3) is 3.10. The van der Waals surface area contributed by atoms with Crippen molar-refractivity contribution in [3.05, 3.63) is 10.1 Å². The van der Waals surface area contributed by atoms with Crippen LogP contribution in [-0.4, -0.2) is 41.5 Å². The molecule has 1 aliphatic heterocycles. The molecule has 0 bridgehead atoms. The molecule has 15 heavy (non-hydrogen) atoms. The molecule has 1 heterocycles. The zero-order chi connectivity index (χ0) is 11.5. The van der Waals surface area contributed by atoms with Crippen LogP contribution in [0.1, 0.15) is 20.3 Å². The Labute approximate surface area is 87.1 Å². The number of ether oxygens (including phenoxy) is 3. The number of aliphatic hydroxyl groups excluding tert-OH is 1. The molecule has 0 saturated carbocycles. The number of nitro groups is 1. The largest absolute Gasteiger partial charge is 0.368 e. The highest BCUT2D eigenvalue weighted by atomic mass is 16.9. The van der Waals surface area contributed by atoms with Crippen LogP contribution >= 0.6 is 0 Å². The fourth-order valence-electron chi connectivity index (χ4n) is 0.993. The zero-order valence-corrected chi connectivity index (χ0v) is 8.71. The van der Waals surface area contributed by atoms with Crippen LogP contribution in [0.25, 0.3) is 0 Å². The van der Waals surface area contributed by atoms with Gasteiger partial charge in [-0.05, 0) is 6.42 Å². The summed E-state index contributed by atoms with van der Waals surface area (Å²) >= 11 is 0. The molecule has 1 unspecified atom stereocenters. The fraction of sp³-hybridized carbons (Fsp3) is 1.00. The van der Waals surface area contributed by atoms with E-state index in [-0.39, 0.29) is 13.2 Å². The average Bonchev–Trinajstić information content (AvgIpc) is 2.21. The maximum atomic E-state index is 10.6. The van der Waals surface area contributed by atoms with Gasteiger partial charge in [-0.1, -0.05) is 6.92 Å². The molecule has 1 aliphatic rings. The second-order valence-electron chi connectivity index (χ2n) is 3.66. The molecule has 7 heteroatoms. The first-order chi connectivity index (χ1) is 6.98. The summed E-state index contributed by atoms with van der Waals surface area (Å²) in [6, 6.07) is 0. The van der Waals surface area contributed by atoms with E-state index in [1.54, 1.807) is 6.92 Å². The Morgan fingerprint density at radius 1 is 1.67 bits per heavy atom. The van der Waals surface area contributed by atoms with E-state index >= 15 is 0 Å². The van der Waals surface area contributed by atoms with Gasteiger partial charge in [0.15, 0.2) is 6.29 Å². The Bertz CT molecular complexity index is 225. The molecule has 0 aromatic rings. The predicted octanol–water partition coefficient (Wildman–Crippen LogP) is 0.0972. The standard InChI is InChI=1S/C8H15NO6/c1-3-6(10)15-7-13-4-8(2,5-14-7)9(11)12/h6-7,10H,3-5H2,1-2H3. The van der Waals surface area contributed by atoms with Crippen LogP contribution in [0, 0.1) is 10.1 Å². The van der Waals surface area contributed by atoms with E-state index < -0.39 is 23.2 Å². The van der Waals surface area contributed by atoms with E-state index in [1.807, 2.05) is 0 Å². The molecule has 1 N–H and O–H groups in total. The fourth-order valence-corrected chi connectivity index (χ4v) is 0.993. The van der Waals surface area contributed by atoms with Gasteiger partial charge in [0.05, 0.1) is 0 Å². The summed E-state index contributed by atoms with van der Waals surface area (Å²) in [5, 5.41) is 19.7. The van der Waals surface area contributed by atoms with Crippen molar-refractivity contribution >= 4 is 0 Å². The van der Waals surface area contributed by atoms with Gasteiger partial charge in [0, 0.05) is 11.8 Å². The van der Waals surface area contributed by atoms with Crippen molar-refractivity contribution in [3.8, 4) is 0 Å². The molecule has 0 aliphatic carbocycles. The molecular weight excluding hydrogens is 206 g/mol. The summed E-state index contributed by atoms with van der Waals surface area (Å²) in [6.07, 6.45) is -0.578. The maximum Gasteiger partial charge on any atom is 0.274 e. The number of hydrogen-bond donors (Lipinski definition) is 1. The van der Waals surface area contributed by atoms with Gasteiger partial charge in [-0.25, -0.2) is 0 Å². The Balaban J connectivity index is 2.39. The summed E-state index contributed by atoms with van der Waals surface area (Å²) in [7, 11) is 0. The average molecular weight is 221 g/mol. The number of nitrogens with zero attached hydrogens (tertiary/aromatic N) is 1. The summed E-state index contributed by atoms with van der Waals surface area (Å²) in [5.74, 6) is 0. The number of hydrogen-bond acceptors (Lipinski definition) is 6. The molecule has 1 fully saturated rings. The molecule has 0 aromatic carbocycles. The van der Waals surface area contributed by atoms with Crippen molar-refractivity contribution in [1.82, 2.24) is 0 Å². The lowest BCUT2D eigenvalue weighted by Gasteiger charge is -2.31. The third-order valence-electron chi connectivity index (χ3n) is 2.12. The van der Waals surface area contributed by atoms with Crippen molar-refractivity contribution in [1.29, 1.82) is 0 Å². The first kappa shape index (κ1) is 12.3. The molecule has 1 rings (SSSR count). The van der Waals surface area contributed by atoms with Crippen molar-refractivity contribution in [3.63, 3.8) is 0 Å². The van der Waals surface area contributed by atoms with Gasteiger partial charge in [0.1, 0.15) is 13.2 Å². The van der Waals surface area contributed by atoms with E-state index in [2.05, 4.69) is 0 Å². The number of rotatable bonds is 4. The molecule has 88 valence electrons. The summed E-state index contributed by atoms with van der Waals surface area (Å²) < 4.78 is 14.9. The molecule has 1 atom stereocenters. The molecule has 1 saturated heterocycles. The minimum absolute atomic E-state index is 0.0961. The Hall–Kier alpha value is -0.760. The van der Waals surface area contributed by atoms with E-state index in [0.717, 1.165) is 0 Å². The highest BCUT2D eigenvalue weighted by Gasteiger charge is 2.44. The normalized spacial score (nSPS) is 33.7. The van der Waals surface area contributed by atoms with Crippen LogP contribution < -0.4 is 0 Å². The molecular formula is C8H15NO6. The number of aliphatic hydroxyl groups is 1. The van der Waals surface area contributed by atoms with E-state index in [9.17, 15) is 10.1 Å². The minimum atomic E-state index is -1.24. The Kier molecular flexibility index (Phi) is 3.97. The molecule has 0 amide bonds. The highest BCUT2D eigenvalue weighted by Crippen LogP contribution is 2.19.